The fraction of sp³-hybridized carbons (Fsp3) is 0.526. The molecule has 1 aromatic carbocycles. The molecular formula is C19H24N4O8S2. The van der Waals surface area contributed by atoms with Crippen LogP contribution in [-0.2, 0) is 35.4 Å². The van der Waals surface area contributed by atoms with E-state index in [-0.39, 0.29) is 10.5 Å². The zero-order chi connectivity index (χ0) is 24.0. The van der Waals surface area contributed by atoms with Gasteiger partial charge in [-0.05, 0) is 13.0 Å². The molecule has 1 aromatic heterocycles. The summed E-state index contributed by atoms with van der Waals surface area (Å²) in [5, 5.41) is 11.1. The monoisotopic (exact) mass is 500 g/mol. The van der Waals surface area contributed by atoms with Crippen LogP contribution in [0, 0.1) is 10.1 Å². The van der Waals surface area contributed by atoms with Crippen molar-refractivity contribution in [3.05, 3.63) is 33.1 Å². The molecule has 33 heavy (non-hydrogen) atoms. The number of benzene rings is 1. The fourth-order valence-corrected chi connectivity index (χ4v) is 5.46. The Balaban J connectivity index is 1.83. The number of nitrogens with zero attached hydrogens (tertiary/aromatic N) is 4. The summed E-state index contributed by atoms with van der Waals surface area (Å²) in [4.78, 5) is 40.8. The lowest BCUT2D eigenvalue weighted by Gasteiger charge is -2.26. The van der Waals surface area contributed by atoms with Crippen molar-refractivity contribution in [3.8, 4) is 0 Å². The Morgan fingerprint density at radius 3 is 2.67 bits per heavy atom. The number of carbonyl (C=O) groups is 2. The third-order valence-corrected chi connectivity index (χ3v) is 7.23. The highest BCUT2D eigenvalue weighted by Crippen LogP contribution is 2.23. The van der Waals surface area contributed by atoms with Crippen molar-refractivity contribution in [1.82, 2.24) is 9.47 Å². The number of fused-ring (bicyclic) bond motifs is 1. The highest BCUT2D eigenvalue weighted by atomic mass is 32.2. The molecule has 2 heterocycles. The third kappa shape index (κ3) is 6.66. The average molecular weight is 501 g/mol. The molecule has 0 saturated carbocycles. The number of aromatic nitrogens is 1. The van der Waals surface area contributed by atoms with Gasteiger partial charge in [-0.1, -0.05) is 11.3 Å². The lowest BCUT2D eigenvalue weighted by atomic mass is 10.3. The Labute approximate surface area is 193 Å². The van der Waals surface area contributed by atoms with E-state index in [0.29, 0.717) is 56.3 Å². The van der Waals surface area contributed by atoms with Gasteiger partial charge in [-0.25, -0.2) is 8.42 Å². The number of rotatable bonds is 9. The molecular weight excluding hydrogens is 476 g/mol. The lowest BCUT2D eigenvalue weighted by Crippen LogP contribution is -2.43. The first kappa shape index (κ1) is 25.0. The van der Waals surface area contributed by atoms with Crippen LogP contribution in [0.1, 0.15) is 6.92 Å². The summed E-state index contributed by atoms with van der Waals surface area (Å²) < 4.78 is 37.5. The molecule has 0 radical (unpaired) electrons. The Kier molecular flexibility index (Phi) is 8.29. The molecule has 0 unspecified atom stereocenters. The van der Waals surface area contributed by atoms with Crippen molar-refractivity contribution in [3.63, 3.8) is 0 Å². The molecule has 0 N–H and O–H groups in total. The van der Waals surface area contributed by atoms with Gasteiger partial charge in [0.25, 0.3) is 11.6 Å². The summed E-state index contributed by atoms with van der Waals surface area (Å²) in [7, 11) is -4.03. The maximum absolute atomic E-state index is 12.5. The maximum Gasteiger partial charge on any atom is 0.270 e. The highest BCUT2D eigenvalue weighted by Gasteiger charge is 2.25. The number of morpholine rings is 1. The molecule has 14 heteroatoms. The zero-order valence-corrected chi connectivity index (χ0v) is 19.6. The van der Waals surface area contributed by atoms with E-state index < -0.39 is 38.1 Å². The minimum atomic E-state index is -4.03. The van der Waals surface area contributed by atoms with Gasteiger partial charge in [0.15, 0.2) is 14.6 Å². The normalized spacial score (nSPS) is 15.2. The van der Waals surface area contributed by atoms with E-state index in [1.165, 1.54) is 17.0 Å². The number of amides is 2. The second-order valence-electron chi connectivity index (χ2n) is 7.17. The van der Waals surface area contributed by atoms with Crippen LogP contribution in [0.5, 0.6) is 0 Å². The molecule has 3 rings (SSSR count). The van der Waals surface area contributed by atoms with Gasteiger partial charge in [-0.2, -0.15) is 4.99 Å². The van der Waals surface area contributed by atoms with E-state index in [0.717, 1.165) is 11.3 Å². The Bertz CT molecular complexity index is 1210. The molecule has 0 spiro atoms. The largest absolute Gasteiger partial charge is 0.380 e. The summed E-state index contributed by atoms with van der Waals surface area (Å²) in [5.74, 6) is -3.19. The summed E-state index contributed by atoms with van der Waals surface area (Å²) in [6.45, 7) is 4.23. The van der Waals surface area contributed by atoms with Gasteiger partial charge < -0.3 is 18.9 Å². The van der Waals surface area contributed by atoms with Crippen LogP contribution in [-0.4, -0.2) is 85.6 Å². The Morgan fingerprint density at radius 1 is 1.27 bits per heavy atom. The number of hydrogen-bond acceptors (Lipinski definition) is 9. The minimum Gasteiger partial charge on any atom is -0.380 e. The quantitative estimate of drug-likeness (QED) is 0.272. The molecule has 1 saturated heterocycles. The van der Waals surface area contributed by atoms with E-state index in [1.54, 1.807) is 10.6 Å². The molecule has 0 bridgehead atoms. The van der Waals surface area contributed by atoms with Crippen molar-refractivity contribution in [2.75, 3.05) is 51.0 Å². The number of ether oxygens (including phenoxy) is 2. The Hall–Kier alpha value is -2.68. The second kappa shape index (κ2) is 11.0. The van der Waals surface area contributed by atoms with Crippen LogP contribution in [0.15, 0.2) is 23.2 Å². The maximum atomic E-state index is 12.5. The van der Waals surface area contributed by atoms with Gasteiger partial charge in [0.2, 0.25) is 5.91 Å². The number of hydrogen-bond donors (Lipinski definition) is 0. The van der Waals surface area contributed by atoms with Gasteiger partial charge in [-0.3, -0.25) is 19.7 Å². The number of nitro groups is 1. The van der Waals surface area contributed by atoms with Crippen LogP contribution >= 0.6 is 11.3 Å². The summed E-state index contributed by atoms with van der Waals surface area (Å²) in [6, 6.07) is 4.27. The molecule has 180 valence electrons. The van der Waals surface area contributed by atoms with Crippen LogP contribution in [0.3, 0.4) is 0 Å². The number of nitro benzene ring substituents is 1. The van der Waals surface area contributed by atoms with E-state index in [1.807, 2.05) is 6.92 Å². The first-order chi connectivity index (χ1) is 15.7. The van der Waals surface area contributed by atoms with Gasteiger partial charge in [0, 0.05) is 38.4 Å². The topological polar surface area (TPSA) is 150 Å². The SMILES string of the molecule is CCOCCn1c(=NC(=O)CS(=O)(=O)CC(=O)N2CCOCC2)sc2cc([N+](=O)[O-])ccc21. The average Bonchev–Trinajstić information content (AvgIpc) is 3.09. The summed E-state index contributed by atoms with van der Waals surface area (Å²) in [5.41, 5.74) is 0.505. The van der Waals surface area contributed by atoms with Crippen molar-refractivity contribution < 1.29 is 32.4 Å². The fourth-order valence-electron chi connectivity index (χ4n) is 3.25. The van der Waals surface area contributed by atoms with Crippen molar-refractivity contribution >= 4 is 48.9 Å². The minimum absolute atomic E-state index is 0.109. The molecule has 1 aliphatic heterocycles. The second-order valence-corrected chi connectivity index (χ2v) is 10.2. The van der Waals surface area contributed by atoms with Gasteiger partial charge in [-0.15, -0.1) is 0 Å². The lowest BCUT2D eigenvalue weighted by molar-refractivity contribution is -0.384. The number of thiazole rings is 1. The van der Waals surface area contributed by atoms with Gasteiger partial charge in [0.05, 0.1) is 35.0 Å². The molecule has 2 aromatic rings. The highest BCUT2D eigenvalue weighted by molar-refractivity contribution is 7.92. The van der Waals surface area contributed by atoms with Crippen molar-refractivity contribution in [2.45, 2.75) is 13.5 Å². The number of non-ortho nitro benzene ring substituents is 1. The standard InChI is InChI=1S/C19H24N4O8S2/c1-2-30-10-7-22-15-4-3-14(23(26)27)11-16(15)32-19(22)20-17(24)12-33(28,29)13-18(25)21-5-8-31-9-6-21/h3-4,11H,2,5-10,12-13H2,1H3. The first-order valence-electron chi connectivity index (χ1n) is 10.2. The van der Waals surface area contributed by atoms with Crippen LogP contribution in [0.2, 0.25) is 0 Å². The predicted octanol–water partition coefficient (Wildman–Crippen LogP) is 0.348. The third-order valence-electron chi connectivity index (χ3n) is 4.81. The predicted molar refractivity (Wildman–Crippen MR) is 120 cm³/mol. The molecule has 0 atom stereocenters. The van der Waals surface area contributed by atoms with E-state index in [4.69, 9.17) is 9.47 Å². The Morgan fingerprint density at radius 2 is 2.00 bits per heavy atom. The smallest absolute Gasteiger partial charge is 0.270 e. The van der Waals surface area contributed by atoms with Crippen LogP contribution in [0.4, 0.5) is 5.69 Å². The molecule has 12 nitrogen and oxygen atoms in total. The van der Waals surface area contributed by atoms with Crippen LogP contribution < -0.4 is 4.80 Å². The molecule has 0 aliphatic carbocycles. The zero-order valence-electron chi connectivity index (χ0n) is 18.0. The first-order valence-corrected chi connectivity index (χ1v) is 12.8. The van der Waals surface area contributed by atoms with E-state index >= 15 is 0 Å². The van der Waals surface area contributed by atoms with Crippen LogP contribution in [0.25, 0.3) is 10.2 Å². The molecule has 1 fully saturated rings. The van der Waals surface area contributed by atoms with Gasteiger partial charge in [0.1, 0.15) is 11.5 Å². The number of carbonyl (C=O) groups excluding carboxylic acids is 2. The van der Waals surface area contributed by atoms with Crippen molar-refractivity contribution in [2.24, 2.45) is 4.99 Å². The summed E-state index contributed by atoms with van der Waals surface area (Å²) in [6.07, 6.45) is 0. The van der Waals surface area contributed by atoms with Crippen molar-refractivity contribution in [1.29, 1.82) is 0 Å². The van der Waals surface area contributed by atoms with E-state index in [2.05, 4.69) is 4.99 Å². The van der Waals surface area contributed by atoms with Gasteiger partial charge >= 0.3 is 0 Å². The summed E-state index contributed by atoms with van der Waals surface area (Å²) >= 11 is 1.04. The number of sulfone groups is 1. The molecule has 2 amide bonds. The van der Waals surface area contributed by atoms with E-state index in [9.17, 15) is 28.1 Å². The molecule has 1 aliphatic rings.